The third-order valence-corrected chi connectivity index (χ3v) is 4.99. The fourth-order valence-corrected chi connectivity index (χ4v) is 3.48. The smallest absolute Gasteiger partial charge is 0.308 e. The number of piperazine rings is 1. The lowest BCUT2D eigenvalue weighted by Gasteiger charge is -2.35. The van der Waals surface area contributed by atoms with Gasteiger partial charge in [-0.2, -0.15) is 0 Å². The Balaban J connectivity index is 1.75. The first-order chi connectivity index (χ1) is 15.5. The lowest BCUT2D eigenvalue weighted by atomic mass is 10.1. The van der Waals surface area contributed by atoms with Crippen molar-refractivity contribution in [2.45, 2.75) is 32.9 Å². The average Bonchev–Trinajstić information content (AvgIpc) is 2.80. The topological polar surface area (TPSA) is 94.2 Å². The second-order valence-electron chi connectivity index (χ2n) is 7.18. The van der Waals surface area contributed by atoms with E-state index in [1.807, 2.05) is 44.2 Å². The minimum Gasteiger partial charge on any atom is -0.494 e. The molecule has 0 aromatic heterocycles. The van der Waals surface area contributed by atoms with Crippen molar-refractivity contribution in [2.75, 3.05) is 26.3 Å². The van der Waals surface area contributed by atoms with Crippen LogP contribution in [0.4, 0.5) is 0 Å². The molecule has 2 amide bonds. The molecule has 1 unspecified atom stereocenters. The summed E-state index contributed by atoms with van der Waals surface area (Å²) in [5.74, 6) is -0.354. The van der Waals surface area contributed by atoms with Gasteiger partial charge in [-0.1, -0.05) is 30.3 Å². The second-order valence-corrected chi connectivity index (χ2v) is 7.18. The zero-order valence-corrected chi connectivity index (χ0v) is 18.3. The summed E-state index contributed by atoms with van der Waals surface area (Å²) in [7, 11) is 0. The van der Waals surface area contributed by atoms with E-state index in [1.54, 1.807) is 18.2 Å². The molecule has 1 fully saturated rings. The molecule has 0 spiro atoms. The number of nitrogens with zero attached hydrogens (tertiary/aromatic N) is 1. The van der Waals surface area contributed by atoms with Crippen LogP contribution in [0.5, 0.6) is 11.5 Å². The first kappa shape index (κ1) is 23.1. The summed E-state index contributed by atoms with van der Waals surface area (Å²) < 4.78 is 16.5. The molecule has 2 aromatic carbocycles. The number of hydrogen-bond donors (Lipinski definition) is 1. The number of benzene rings is 2. The van der Waals surface area contributed by atoms with Gasteiger partial charge in [0.2, 0.25) is 5.91 Å². The highest BCUT2D eigenvalue weighted by molar-refractivity contribution is 6.01. The lowest BCUT2D eigenvalue weighted by Crippen LogP contribution is -2.57. The molecular formula is C24H28N2O6. The Bertz CT molecular complexity index is 947. The molecule has 8 nitrogen and oxygen atoms in total. The van der Waals surface area contributed by atoms with Crippen molar-refractivity contribution >= 4 is 17.8 Å². The molecule has 0 radical (unpaired) electrons. The highest BCUT2D eigenvalue weighted by atomic mass is 16.5. The summed E-state index contributed by atoms with van der Waals surface area (Å²) >= 11 is 0. The normalized spacial score (nSPS) is 15.6. The number of carbonyl (C=O) groups is 3. The zero-order chi connectivity index (χ0) is 22.9. The maximum absolute atomic E-state index is 13.4. The Kier molecular flexibility index (Phi) is 8.08. The SMILES string of the molecule is CCOc1ccc(C(=O)N2CCNC(=O)C2CC(=O)OCc2ccccc2)c(OCC)c1. The summed E-state index contributed by atoms with van der Waals surface area (Å²) in [4.78, 5) is 39.7. The fourth-order valence-electron chi connectivity index (χ4n) is 3.48. The average molecular weight is 440 g/mol. The van der Waals surface area contributed by atoms with Crippen molar-refractivity contribution in [1.82, 2.24) is 10.2 Å². The molecule has 32 heavy (non-hydrogen) atoms. The number of nitrogens with one attached hydrogen (secondary N) is 1. The van der Waals surface area contributed by atoms with E-state index in [0.717, 1.165) is 5.56 Å². The third kappa shape index (κ3) is 5.78. The van der Waals surface area contributed by atoms with Crippen LogP contribution in [0, 0.1) is 0 Å². The standard InChI is InChI=1S/C24H28N2O6/c1-3-30-18-10-11-19(21(14-18)31-4-2)24(29)26-13-12-25-23(28)20(26)15-22(27)32-16-17-8-6-5-7-9-17/h5-11,14,20H,3-4,12-13,15-16H2,1-2H3,(H,25,28). The molecule has 3 rings (SSSR count). The minimum atomic E-state index is -0.958. The predicted octanol–water partition coefficient (Wildman–Crippen LogP) is 2.56. The molecule has 1 aliphatic heterocycles. The summed E-state index contributed by atoms with van der Waals surface area (Å²) in [6, 6.07) is 13.3. The summed E-state index contributed by atoms with van der Waals surface area (Å²) in [5.41, 5.74) is 1.16. The van der Waals surface area contributed by atoms with E-state index < -0.39 is 12.0 Å². The molecule has 8 heteroatoms. The van der Waals surface area contributed by atoms with E-state index in [-0.39, 0.29) is 31.4 Å². The highest BCUT2D eigenvalue weighted by Crippen LogP contribution is 2.28. The Morgan fingerprint density at radius 3 is 2.53 bits per heavy atom. The monoisotopic (exact) mass is 440 g/mol. The van der Waals surface area contributed by atoms with Crippen LogP contribution in [-0.4, -0.2) is 55.0 Å². The summed E-state index contributed by atoms with van der Waals surface area (Å²) in [5, 5.41) is 2.72. The van der Waals surface area contributed by atoms with Crippen LogP contribution in [0.1, 0.15) is 36.2 Å². The summed E-state index contributed by atoms with van der Waals surface area (Å²) in [6.45, 7) is 5.23. The molecule has 1 aliphatic rings. The Morgan fingerprint density at radius 1 is 1.06 bits per heavy atom. The van der Waals surface area contributed by atoms with Crippen molar-refractivity contribution in [2.24, 2.45) is 0 Å². The number of amides is 2. The van der Waals surface area contributed by atoms with Gasteiger partial charge in [-0.3, -0.25) is 14.4 Å². The number of hydrogen-bond acceptors (Lipinski definition) is 6. The molecule has 0 bridgehead atoms. The van der Waals surface area contributed by atoms with Gasteiger partial charge in [0.25, 0.3) is 5.91 Å². The van der Waals surface area contributed by atoms with Gasteiger partial charge in [0.1, 0.15) is 24.1 Å². The molecule has 1 heterocycles. The van der Waals surface area contributed by atoms with E-state index in [2.05, 4.69) is 5.32 Å². The van der Waals surface area contributed by atoms with Gasteiger partial charge in [-0.15, -0.1) is 0 Å². The van der Waals surface area contributed by atoms with Crippen molar-refractivity contribution < 1.29 is 28.6 Å². The van der Waals surface area contributed by atoms with Crippen LogP contribution >= 0.6 is 0 Å². The molecule has 1 atom stereocenters. The van der Waals surface area contributed by atoms with Crippen LogP contribution in [-0.2, 0) is 20.9 Å². The Morgan fingerprint density at radius 2 is 1.81 bits per heavy atom. The predicted molar refractivity (Wildman–Crippen MR) is 117 cm³/mol. The molecule has 2 aromatic rings. The number of carbonyl (C=O) groups excluding carboxylic acids is 3. The van der Waals surface area contributed by atoms with E-state index in [0.29, 0.717) is 36.8 Å². The molecule has 170 valence electrons. The van der Waals surface area contributed by atoms with Gasteiger partial charge < -0.3 is 24.4 Å². The Hall–Kier alpha value is -3.55. The van der Waals surface area contributed by atoms with Crippen LogP contribution in [0.2, 0.25) is 0 Å². The van der Waals surface area contributed by atoms with E-state index in [1.165, 1.54) is 4.90 Å². The third-order valence-electron chi connectivity index (χ3n) is 4.99. The molecule has 0 aliphatic carbocycles. The number of ether oxygens (including phenoxy) is 3. The zero-order valence-electron chi connectivity index (χ0n) is 18.3. The van der Waals surface area contributed by atoms with Crippen LogP contribution in [0.15, 0.2) is 48.5 Å². The fraction of sp³-hybridized carbons (Fsp3) is 0.375. The van der Waals surface area contributed by atoms with Crippen molar-refractivity contribution in [3.63, 3.8) is 0 Å². The van der Waals surface area contributed by atoms with Crippen molar-refractivity contribution in [3.8, 4) is 11.5 Å². The van der Waals surface area contributed by atoms with Crippen LogP contribution in [0.25, 0.3) is 0 Å². The van der Waals surface area contributed by atoms with Gasteiger partial charge in [-0.05, 0) is 31.5 Å². The maximum atomic E-state index is 13.4. The molecule has 1 N–H and O–H groups in total. The minimum absolute atomic E-state index is 0.106. The first-order valence-electron chi connectivity index (χ1n) is 10.7. The van der Waals surface area contributed by atoms with Crippen molar-refractivity contribution in [1.29, 1.82) is 0 Å². The lowest BCUT2D eigenvalue weighted by molar-refractivity contribution is -0.148. The second kappa shape index (κ2) is 11.2. The molecule has 1 saturated heterocycles. The van der Waals surface area contributed by atoms with Crippen LogP contribution in [0.3, 0.4) is 0 Å². The molecule has 0 saturated carbocycles. The quantitative estimate of drug-likeness (QED) is 0.603. The maximum Gasteiger partial charge on any atom is 0.308 e. The van der Waals surface area contributed by atoms with Gasteiger partial charge in [0, 0.05) is 19.2 Å². The van der Waals surface area contributed by atoms with Gasteiger partial charge in [0.05, 0.1) is 25.2 Å². The van der Waals surface area contributed by atoms with Gasteiger partial charge in [-0.25, -0.2) is 0 Å². The number of rotatable bonds is 9. The largest absolute Gasteiger partial charge is 0.494 e. The first-order valence-corrected chi connectivity index (χ1v) is 10.7. The number of esters is 1. The van der Waals surface area contributed by atoms with Gasteiger partial charge in [0.15, 0.2) is 0 Å². The summed E-state index contributed by atoms with van der Waals surface area (Å²) in [6.07, 6.45) is -0.231. The van der Waals surface area contributed by atoms with Crippen molar-refractivity contribution in [3.05, 3.63) is 59.7 Å². The Labute approximate surface area is 187 Å². The molecular weight excluding hydrogens is 412 g/mol. The highest BCUT2D eigenvalue weighted by Gasteiger charge is 2.36. The van der Waals surface area contributed by atoms with Gasteiger partial charge >= 0.3 is 5.97 Å². The van der Waals surface area contributed by atoms with E-state index >= 15 is 0 Å². The van der Waals surface area contributed by atoms with E-state index in [9.17, 15) is 14.4 Å². The van der Waals surface area contributed by atoms with Crippen LogP contribution < -0.4 is 14.8 Å². The van der Waals surface area contributed by atoms with E-state index in [4.69, 9.17) is 14.2 Å².